The molecule has 0 aromatic heterocycles. The van der Waals surface area contributed by atoms with Crippen molar-refractivity contribution in [1.82, 2.24) is 0 Å². The van der Waals surface area contributed by atoms with Gasteiger partial charge in [-0.3, -0.25) is 0 Å². The highest BCUT2D eigenvalue weighted by molar-refractivity contribution is 5.29. The summed E-state index contributed by atoms with van der Waals surface area (Å²) in [4.78, 5) is 0. The van der Waals surface area contributed by atoms with Gasteiger partial charge in [0.05, 0.1) is 5.48 Å². The van der Waals surface area contributed by atoms with Crippen LogP contribution in [-0.2, 0) is 5.41 Å². The van der Waals surface area contributed by atoms with Crippen LogP contribution in [0.3, 0.4) is 0 Å². The number of phenols is 1. The van der Waals surface area contributed by atoms with Gasteiger partial charge >= 0.3 is 0 Å². The molecule has 1 aromatic carbocycles. The standard InChI is InChI=1S/C10H14O/c1-10(2,3)8-4-6-9(11)7-5-8/h4-7,11H,1-3H3/i1D3,2D3,4D,5D,6D,7D. The Kier molecular flexibility index (Phi) is 0.476. The van der Waals surface area contributed by atoms with E-state index in [0.29, 0.717) is 0 Å². The highest BCUT2D eigenvalue weighted by atomic mass is 16.3. The van der Waals surface area contributed by atoms with Gasteiger partial charge in [-0.25, -0.2) is 0 Å². The molecule has 0 radical (unpaired) electrons. The van der Waals surface area contributed by atoms with Crippen LogP contribution in [0.2, 0.25) is 0 Å². The molecular weight excluding hydrogens is 136 g/mol. The van der Waals surface area contributed by atoms with Crippen LogP contribution in [-0.4, -0.2) is 5.11 Å². The van der Waals surface area contributed by atoms with E-state index < -0.39 is 54.6 Å². The van der Waals surface area contributed by atoms with E-state index in [4.69, 9.17) is 13.7 Å². The van der Waals surface area contributed by atoms with Gasteiger partial charge in [0, 0.05) is 8.22 Å². The highest BCUT2D eigenvalue weighted by Gasteiger charge is 2.12. The van der Waals surface area contributed by atoms with Gasteiger partial charge < -0.3 is 5.11 Å². The largest absolute Gasteiger partial charge is 0.508 e. The average molecular weight is 160 g/mol. The van der Waals surface area contributed by atoms with E-state index >= 15 is 0 Å². The lowest BCUT2D eigenvalue weighted by atomic mass is 9.87. The van der Waals surface area contributed by atoms with Crippen molar-refractivity contribution in [2.45, 2.75) is 26.0 Å². The van der Waals surface area contributed by atoms with Gasteiger partial charge in [0.1, 0.15) is 5.75 Å². The van der Waals surface area contributed by atoms with Crippen molar-refractivity contribution in [1.29, 1.82) is 0 Å². The second-order valence-electron chi connectivity index (χ2n) is 2.35. The van der Waals surface area contributed by atoms with E-state index in [2.05, 4.69) is 0 Å². The van der Waals surface area contributed by atoms with E-state index in [9.17, 15) is 5.11 Å². The van der Waals surface area contributed by atoms with Gasteiger partial charge in [-0.05, 0) is 23.1 Å². The smallest absolute Gasteiger partial charge is 0.115 e. The fraction of sp³-hybridized carbons (Fsp3) is 0.400. The van der Waals surface area contributed by atoms with E-state index in [-0.39, 0.29) is 0 Å². The van der Waals surface area contributed by atoms with Crippen molar-refractivity contribution in [2.75, 3.05) is 0 Å². The van der Waals surface area contributed by atoms with E-state index in [1.54, 1.807) is 0 Å². The molecule has 1 rings (SSSR count). The Morgan fingerprint density at radius 2 is 1.91 bits per heavy atom. The average Bonchev–Trinajstić information content (AvgIpc) is 2.31. The third kappa shape index (κ3) is 1.97. The Morgan fingerprint density at radius 3 is 2.36 bits per heavy atom. The summed E-state index contributed by atoms with van der Waals surface area (Å²) in [6.45, 7) is -5.34. The Hall–Kier alpha value is -0.980. The molecule has 0 saturated carbocycles. The maximum Gasteiger partial charge on any atom is 0.115 e. The molecule has 0 aliphatic heterocycles. The molecule has 0 heterocycles. The number of phenolic OH excluding ortho intramolecular Hbond substituents is 1. The molecule has 0 amide bonds. The van der Waals surface area contributed by atoms with Crippen molar-refractivity contribution in [3.63, 3.8) is 0 Å². The second kappa shape index (κ2) is 2.57. The summed E-state index contributed by atoms with van der Waals surface area (Å²) in [7, 11) is 0. The summed E-state index contributed by atoms with van der Waals surface area (Å²) >= 11 is 0. The van der Waals surface area contributed by atoms with Crippen molar-refractivity contribution >= 4 is 0 Å². The topological polar surface area (TPSA) is 20.2 Å². The molecule has 0 unspecified atom stereocenters. The van der Waals surface area contributed by atoms with Crippen LogP contribution in [0.1, 0.15) is 39.9 Å². The number of hydrogen-bond donors (Lipinski definition) is 1. The lowest BCUT2D eigenvalue weighted by Crippen LogP contribution is -2.10. The van der Waals surface area contributed by atoms with Crippen molar-refractivity contribution < 1.29 is 18.8 Å². The first-order chi connectivity index (χ1) is 9.18. The minimum atomic E-state index is -3.10. The van der Waals surface area contributed by atoms with Crippen LogP contribution in [0.15, 0.2) is 24.2 Å². The Bertz CT molecular complexity index is 528. The van der Waals surface area contributed by atoms with Gasteiger partial charge in [-0.2, -0.15) is 0 Å². The van der Waals surface area contributed by atoms with Crippen LogP contribution in [0.25, 0.3) is 0 Å². The van der Waals surface area contributed by atoms with E-state index in [0.717, 1.165) is 6.92 Å². The van der Waals surface area contributed by atoms with Crippen molar-refractivity contribution in [2.24, 2.45) is 0 Å². The number of rotatable bonds is 0. The summed E-state index contributed by atoms with van der Waals surface area (Å²) in [6, 6.07) is -3.48. The first-order valence-corrected chi connectivity index (χ1v) is 2.97. The summed E-state index contributed by atoms with van der Waals surface area (Å²) in [6.07, 6.45) is 0. The molecule has 0 aliphatic rings. The third-order valence-electron chi connectivity index (χ3n) is 1.11. The van der Waals surface area contributed by atoms with Crippen molar-refractivity contribution in [3.8, 4) is 5.75 Å². The number of hydrogen-bond acceptors (Lipinski definition) is 1. The molecule has 1 N–H and O–H groups in total. The third-order valence-corrected chi connectivity index (χ3v) is 1.11. The fourth-order valence-electron chi connectivity index (χ4n) is 0.556. The minimum Gasteiger partial charge on any atom is -0.508 e. The zero-order chi connectivity index (χ0) is 17.0. The molecule has 1 aromatic rings. The molecule has 60 valence electrons. The van der Waals surface area contributed by atoms with Crippen LogP contribution < -0.4 is 0 Å². The molecule has 0 bridgehead atoms. The molecular formula is C10H14O. The van der Waals surface area contributed by atoms with Crippen LogP contribution >= 0.6 is 0 Å². The summed E-state index contributed by atoms with van der Waals surface area (Å²) in [5.74, 6) is -0.952. The molecule has 1 heteroatoms. The quantitative estimate of drug-likeness (QED) is 0.618. The number of aromatic hydroxyl groups is 1. The van der Waals surface area contributed by atoms with Gasteiger partial charge in [0.25, 0.3) is 0 Å². The van der Waals surface area contributed by atoms with Gasteiger partial charge in [-0.15, -0.1) is 0 Å². The predicted molar refractivity (Wildman–Crippen MR) is 46.8 cm³/mol. The zero-order valence-corrected chi connectivity index (χ0v) is 5.95. The summed E-state index contributed by atoms with van der Waals surface area (Å²) in [5.41, 5.74) is -3.36. The molecule has 0 saturated heterocycles. The molecule has 0 spiro atoms. The van der Waals surface area contributed by atoms with Crippen LogP contribution in [0.5, 0.6) is 5.75 Å². The monoisotopic (exact) mass is 160 g/mol. The fourth-order valence-corrected chi connectivity index (χ4v) is 0.556. The van der Waals surface area contributed by atoms with Crippen molar-refractivity contribution in [3.05, 3.63) is 29.7 Å². The first-order valence-electron chi connectivity index (χ1n) is 7.97. The molecule has 0 fully saturated rings. The molecule has 0 atom stereocenters. The van der Waals surface area contributed by atoms with E-state index in [1.807, 2.05) is 0 Å². The Morgan fingerprint density at radius 1 is 1.36 bits per heavy atom. The molecule has 0 aliphatic carbocycles. The first kappa shape index (κ1) is 2.03. The van der Waals surface area contributed by atoms with Gasteiger partial charge in [0.15, 0.2) is 0 Å². The van der Waals surface area contributed by atoms with E-state index in [1.165, 1.54) is 0 Å². The summed E-state index contributed by atoms with van der Waals surface area (Å²) in [5, 5.41) is 9.47. The maximum absolute atomic E-state index is 9.47. The zero-order valence-electron chi connectivity index (χ0n) is 15.9. The Balaban J connectivity index is 3.96. The van der Waals surface area contributed by atoms with Gasteiger partial charge in [0.2, 0.25) is 0 Å². The highest BCUT2D eigenvalue weighted by Crippen LogP contribution is 2.23. The van der Waals surface area contributed by atoms with Gasteiger partial charge in [-0.1, -0.05) is 32.7 Å². The predicted octanol–water partition coefficient (Wildman–Crippen LogP) is 2.69. The number of benzene rings is 1. The second-order valence-corrected chi connectivity index (χ2v) is 2.35. The SMILES string of the molecule is [2H]c1c([2H])c(C(C)(C([2H])([2H])[2H])C([2H])([2H])[2H])c([2H])c([2H])c1O. The van der Waals surface area contributed by atoms with Crippen LogP contribution in [0, 0.1) is 0 Å². The minimum absolute atomic E-state index is 0.754. The molecule has 1 nitrogen and oxygen atoms in total. The lowest BCUT2D eigenvalue weighted by molar-refractivity contribution is 0.474. The normalized spacial score (nSPS) is 27.0. The lowest BCUT2D eigenvalue weighted by Gasteiger charge is -2.18. The van der Waals surface area contributed by atoms with Crippen LogP contribution in [0.4, 0.5) is 0 Å². The molecule has 11 heavy (non-hydrogen) atoms. The maximum atomic E-state index is 9.47. The summed E-state index contributed by atoms with van der Waals surface area (Å²) < 4.78 is 75.4. The Labute approximate surface area is 81.7 Å².